The molecule has 0 amide bonds. The van der Waals surface area contributed by atoms with Crippen molar-refractivity contribution in [3.8, 4) is 6.07 Å². The van der Waals surface area contributed by atoms with Crippen molar-refractivity contribution in [3.63, 3.8) is 0 Å². The predicted octanol–water partition coefficient (Wildman–Crippen LogP) is 1.49. The number of nitrogens with two attached hydrogens (primary N) is 1. The Morgan fingerprint density at radius 1 is 1.07 bits per heavy atom. The molecule has 0 aromatic rings. The minimum Gasteiger partial charge on any atom is -0.315 e. The van der Waals surface area contributed by atoms with Crippen LogP contribution in [0.5, 0.6) is 0 Å². The second-order valence-corrected chi connectivity index (χ2v) is 4.16. The Morgan fingerprint density at radius 2 is 1.57 bits per heavy atom. The highest BCUT2D eigenvalue weighted by Gasteiger charge is 2.10. The Bertz CT molecular complexity index is 175. The summed E-state index contributed by atoms with van der Waals surface area (Å²) < 4.78 is 0. The van der Waals surface area contributed by atoms with Crippen LogP contribution >= 0.6 is 0 Å². The Morgan fingerprint density at radius 3 is 2.07 bits per heavy atom. The molecule has 14 heavy (non-hydrogen) atoms. The van der Waals surface area contributed by atoms with Crippen LogP contribution in [0.25, 0.3) is 0 Å². The molecule has 1 rings (SSSR count). The molecular formula is C11H21N3. The van der Waals surface area contributed by atoms with Gasteiger partial charge in [0, 0.05) is 6.54 Å². The molecular weight excluding hydrogens is 174 g/mol. The van der Waals surface area contributed by atoms with Gasteiger partial charge < -0.3 is 10.6 Å². The third kappa shape index (κ3) is 4.59. The first-order valence-electron chi connectivity index (χ1n) is 5.70. The maximum Gasteiger partial charge on any atom is 0.106 e. The van der Waals surface area contributed by atoms with Crippen LogP contribution in [0.15, 0.2) is 0 Å². The zero-order valence-corrected chi connectivity index (χ0v) is 8.91. The van der Waals surface area contributed by atoms with Crippen LogP contribution < -0.4 is 5.73 Å². The number of hydrogen-bond acceptors (Lipinski definition) is 3. The average molecular weight is 195 g/mol. The molecule has 80 valence electrons. The van der Waals surface area contributed by atoms with Gasteiger partial charge >= 0.3 is 0 Å². The predicted molar refractivity (Wildman–Crippen MR) is 57.7 cm³/mol. The Kier molecular flexibility index (Phi) is 5.58. The molecule has 1 aliphatic rings. The molecule has 1 aliphatic heterocycles. The largest absolute Gasteiger partial charge is 0.315 e. The maximum atomic E-state index is 8.65. The van der Waals surface area contributed by atoms with Crippen LogP contribution in [0, 0.1) is 11.3 Å². The minimum atomic E-state index is -0.309. The van der Waals surface area contributed by atoms with E-state index in [9.17, 15) is 0 Å². The molecule has 0 saturated carbocycles. The lowest BCUT2D eigenvalue weighted by Gasteiger charge is -2.22. The quantitative estimate of drug-likeness (QED) is 0.726. The summed E-state index contributed by atoms with van der Waals surface area (Å²) >= 11 is 0. The van der Waals surface area contributed by atoms with Crippen molar-refractivity contribution in [2.75, 3.05) is 19.6 Å². The molecule has 1 heterocycles. The van der Waals surface area contributed by atoms with Crippen molar-refractivity contribution < 1.29 is 0 Å². The van der Waals surface area contributed by atoms with Crippen LogP contribution in [0.2, 0.25) is 0 Å². The van der Waals surface area contributed by atoms with Crippen LogP contribution in [0.4, 0.5) is 0 Å². The molecule has 0 aliphatic carbocycles. The normalized spacial score (nSPS) is 22.9. The highest BCUT2D eigenvalue weighted by Crippen LogP contribution is 2.10. The molecule has 0 radical (unpaired) electrons. The van der Waals surface area contributed by atoms with Gasteiger partial charge in [-0.1, -0.05) is 25.7 Å². The van der Waals surface area contributed by atoms with E-state index in [4.69, 9.17) is 11.0 Å². The summed E-state index contributed by atoms with van der Waals surface area (Å²) in [5.74, 6) is 0. The summed E-state index contributed by atoms with van der Waals surface area (Å²) in [6, 6.07) is 1.79. The summed E-state index contributed by atoms with van der Waals surface area (Å²) in [5.41, 5.74) is 5.63. The zero-order valence-electron chi connectivity index (χ0n) is 8.91. The molecule has 1 unspecified atom stereocenters. The molecule has 0 spiro atoms. The van der Waals surface area contributed by atoms with E-state index < -0.39 is 0 Å². The molecule has 3 nitrogen and oxygen atoms in total. The van der Waals surface area contributed by atoms with Crippen LogP contribution in [-0.2, 0) is 0 Å². The van der Waals surface area contributed by atoms with Gasteiger partial charge in [0.15, 0.2) is 0 Å². The first-order valence-corrected chi connectivity index (χ1v) is 5.70. The molecule has 0 aromatic carbocycles. The summed E-state index contributed by atoms with van der Waals surface area (Å²) in [5, 5.41) is 8.65. The number of nitrogens with zero attached hydrogens (tertiary/aromatic N) is 2. The van der Waals surface area contributed by atoms with Crippen molar-refractivity contribution in [2.45, 2.75) is 44.6 Å². The van der Waals surface area contributed by atoms with Crippen molar-refractivity contribution in [1.29, 1.82) is 5.26 Å². The Balaban J connectivity index is 2.29. The third-order valence-electron chi connectivity index (χ3n) is 2.82. The lowest BCUT2D eigenvalue weighted by Crippen LogP contribution is -2.37. The highest BCUT2D eigenvalue weighted by molar-refractivity contribution is 4.89. The molecule has 3 heteroatoms. The lowest BCUT2D eigenvalue weighted by atomic mass is 10.1. The SMILES string of the molecule is N#CC(N)CN1CCCCCCCC1. The Labute approximate surface area is 86.9 Å². The van der Waals surface area contributed by atoms with Crippen LogP contribution in [-0.4, -0.2) is 30.6 Å². The number of rotatable bonds is 2. The molecule has 1 saturated heterocycles. The maximum absolute atomic E-state index is 8.65. The van der Waals surface area contributed by atoms with Gasteiger partial charge in [0.25, 0.3) is 0 Å². The second kappa shape index (κ2) is 6.80. The minimum absolute atomic E-state index is 0.309. The topological polar surface area (TPSA) is 53.1 Å². The van der Waals surface area contributed by atoms with E-state index in [1.54, 1.807) is 0 Å². The second-order valence-electron chi connectivity index (χ2n) is 4.16. The van der Waals surface area contributed by atoms with E-state index in [0.29, 0.717) is 0 Å². The molecule has 0 bridgehead atoms. The average Bonchev–Trinajstić information content (AvgIpc) is 2.31. The van der Waals surface area contributed by atoms with Crippen molar-refractivity contribution >= 4 is 0 Å². The zero-order chi connectivity index (χ0) is 10.2. The van der Waals surface area contributed by atoms with Gasteiger partial charge in [0.05, 0.1) is 6.07 Å². The molecule has 1 fully saturated rings. The summed E-state index contributed by atoms with van der Waals surface area (Å²) in [7, 11) is 0. The van der Waals surface area contributed by atoms with E-state index in [1.807, 2.05) is 0 Å². The van der Waals surface area contributed by atoms with Gasteiger partial charge in [0.1, 0.15) is 6.04 Å². The van der Waals surface area contributed by atoms with Crippen molar-refractivity contribution in [3.05, 3.63) is 0 Å². The standard InChI is InChI=1S/C11H21N3/c12-9-11(13)10-14-7-5-3-1-2-4-6-8-14/h11H,1-8,10,13H2. The van der Waals surface area contributed by atoms with Gasteiger partial charge in [0.2, 0.25) is 0 Å². The van der Waals surface area contributed by atoms with E-state index in [0.717, 1.165) is 19.6 Å². The first kappa shape index (κ1) is 11.5. The fourth-order valence-corrected chi connectivity index (χ4v) is 1.99. The van der Waals surface area contributed by atoms with E-state index in [-0.39, 0.29) is 6.04 Å². The Hall–Kier alpha value is -0.590. The van der Waals surface area contributed by atoms with Crippen LogP contribution in [0.1, 0.15) is 38.5 Å². The van der Waals surface area contributed by atoms with E-state index in [2.05, 4.69) is 11.0 Å². The van der Waals surface area contributed by atoms with Crippen LogP contribution in [0.3, 0.4) is 0 Å². The summed E-state index contributed by atoms with van der Waals surface area (Å²) in [4.78, 5) is 2.35. The summed E-state index contributed by atoms with van der Waals surface area (Å²) in [6.07, 6.45) is 7.93. The van der Waals surface area contributed by atoms with Gasteiger partial charge in [-0.05, 0) is 25.9 Å². The van der Waals surface area contributed by atoms with Gasteiger partial charge in [-0.25, -0.2) is 0 Å². The molecule has 1 atom stereocenters. The fourth-order valence-electron chi connectivity index (χ4n) is 1.99. The van der Waals surface area contributed by atoms with Gasteiger partial charge in [-0.3, -0.25) is 0 Å². The molecule has 2 N–H and O–H groups in total. The first-order chi connectivity index (χ1) is 6.83. The summed E-state index contributed by atoms with van der Waals surface area (Å²) in [6.45, 7) is 2.99. The van der Waals surface area contributed by atoms with Crippen molar-refractivity contribution in [2.24, 2.45) is 5.73 Å². The molecule has 0 aromatic heterocycles. The van der Waals surface area contributed by atoms with Crippen molar-refractivity contribution in [1.82, 2.24) is 4.90 Å². The highest BCUT2D eigenvalue weighted by atomic mass is 15.1. The van der Waals surface area contributed by atoms with Gasteiger partial charge in [-0.2, -0.15) is 5.26 Å². The van der Waals surface area contributed by atoms with E-state index >= 15 is 0 Å². The smallest absolute Gasteiger partial charge is 0.106 e. The monoisotopic (exact) mass is 195 g/mol. The number of hydrogen-bond donors (Lipinski definition) is 1. The fraction of sp³-hybridized carbons (Fsp3) is 0.909. The third-order valence-corrected chi connectivity index (χ3v) is 2.82. The number of nitriles is 1. The lowest BCUT2D eigenvalue weighted by molar-refractivity contribution is 0.264. The van der Waals surface area contributed by atoms with Gasteiger partial charge in [-0.15, -0.1) is 0 Å². The van der Waals surface area contributed by atoms with E-state index in [1.165, 1.54) is 38.5 Å².